The van der Waals surface area contributed by atoms with Crippen LogP contribution in [0.4, 0.5) is 11.4 Å². The fourth-order valence-electron chi connectivity index (χ4n) is 4.17. The van der Waals surface area contributed by atoms with Crippen LogP contribution in [0.15, 0.2) is 59.6 Å². The zero-order valence-corrected chi connectivity index (χ0v) is 18.1. The fourth-order valence-corrected chi connectivity index (χ4v) is 5.72. The number of hydrogen-bond acceptors (Lipinski definition) is 5. The van der Waals surface area contributed by atoms with E-state index in [1.807, 2.05) is 36.4 Å². The van der Waals surface area contributed by atoms with Crippen molar-refractivity contribution in [2.24, 2.45) is 0 Å². The van der Waals surface area contributed by atoms with E-state index in [2.05, 4.69) is 15.3 Å². The number of fused-ring (bicyclic) bond motifs is 3. The Morgan fingerprint density at radius 1 is 1.06 bits per heavy atom. The van der Waals surface area contributed by atoms with E-state index in [-0.39, 0.29) is 0 Å². The van der Waals surface area contributed by atoms with Gasteiger partial charge in [-0.2, -0.15) is 4.31 Å². The molecule has 0 atom stereocenters. The first kappa shape index (κ1) is 19.8. The quantitative estimate of drug-likeness (QED) is 0.476. The lowest BCUT2D eigenvalue weighted by atomic mass is 10.1. The molecule has 0 amide bonds. The minimum Gasteiger partial charge on any atom is -0.497 e. The number of piperidine rings is 1. The van der Waals surface area contributed by atoms with E-state index in [1.54, 1.807) is 29.7 Å². The Labute approximate surface area is 181 Å². The van der Waals surface area contributed by atoms with Crippen LogP contribution in [-0.2, 0) is 10.0 Å². The molecule has 31 heavy (non-hydrogen) atoms. The average molecular weight is 437 g/mol. The van der Waals surface area contributed by atoms with E-state index in [1.165, 1.54) is 0 Å². The standard InChI is InChI=1S/C23H24N4O3S/c1-30-17-7-5-6-16(14-17)25-21-10-11-24-23-22(21)19-15-18(8-9-20(19)26-23)31(28,29)27-12-3-2-4-13-27/h5-11,14-15H,2-4,12-13H2,1H3,(H2,24,25,26). The lowest BCUT2D eigenvalue weighted by Gasteiger charge is -2.25. The predicted octanol–water partition coefficient (Wildman–Crippen LogP) is 4.64. The second-order valence-electron chi connectivity index (χ2n) is 7.74. The maximum atomic E-state index is 13.2. The van der Waals surface area contributed by atoms with Crippen LogP contribution in [0.3, 0.4) is 0 Å². The molecule has 1 aliphatic heterocycles. The minimum absolute atomic E-state index is 0.319. The second kappa shape index (κ2) is 7.86. The molecule has 0 radical (unpaired) electrons. The van der Waals surface area contributed by atoms with Gasteiger partial charge < -0.3 is 15.0 Å². The van der Waals surface area contributed by atoms with E-state index in [0.29, 0.717) is 23.6 Å². The summed E-state index contributed by atoms with van der Waals surface area (Å²) in [7, 11) is -1.89. The number of nitrogens with zero attached hydrogens (tertiary/aromatic N) is 2. The molecule has 8 heteroatoms. The summed E-state index contributed by atoms with van der Waals surface area (Å²) in [6.07, 6.45) is 4.63. The molecule has 1 fully saturated rings. The number of benzene rings is 2. The summed E-state index contributed by atoms with van der Waals surface area (Å²) in [4.78, 5) is 8.08. The Bertz CT molecular complexity index is 1360. The van der Waals surface area contributed by atoms with Crippen molar-refractivity contribution in [3.63, 3.8) is 0 Å². The lowest BCUT2D eigenvalue weighted by molar-refractivity contribution is 0.346. The average Bonchev–Trinajstić information content (AvgIpc) is 3.18. The van der Waals surface area contributed by atoms with Gasteiger partial charge in [0.1, 0.15) is 11.4 Å². The van der Waals surface area contributed by atoms with Crippen LogP contribution in [0.25, 0.3) is 21.9 Å². The number of H-pyrrole nitrogens is 1. The number of aromatic nitrogens is 2. The highest BCUT2D eigenvalue weighted by Crippen LogP contribution is 2.34. The highest BCUT2D eigenvalue weighted by molar-refractivity contribution is 7.89. The Morgan fingerprint density at radius 3 is 2.71 bits per heavy atom. The Hall–Kier alpha value is -3.10. The minimum atomic E-state index is -3.52. The van der Waals surface area contributed by atoms with Crippen molar-refractivity contribution in [3.05, 3.63) is 54.7 Å². The molecule has 0 bridgehead atoms. The summed E-state index contributed by atoms with van der Waals surface area (Å²) in [5, 5.41) is 5.10. The number of ether oxygens (including phenoxy) is 1. The number of hydrogen-bond donors (Lipinski definition) is 2. The summed E-state index contributed by atoms with van der Waals surface area (Å²) in [5.74, 6) is 0.754. The molecule has 1 saturated heterocycles. The third-order valence-corrected chi connectivity index (χ3v) is 7.66. The second-order valence-corrected chi connectivity index (χ2v) is 9.67. The normalized spacial score (nSPS) is 15.4. The number of aromatic amines is 1. The van der Waals surface area contributed by atoms with Crippen LogP contribution >= 0.6 is 0 Å². The summed E-state index contributed by atoms with van der Waals surface area (Å²) >= 11 is 0. The maximum Gasteiger partial charge on any atom is 0.243 e. The highest BCUT2D eigenvalue weighted by atomic mass is 32.2. The molecule has 0 aliphatic carbocycles. The molecular weight excluding hydrogens is 412 g/mol. The van der Waals surface area contributed by atoms with Crippen molar-refractivity contribution in [3.8, 4) is 5.75 Å². The molecule has 5 rings (SSSR count). The van der Waals surface area contributed by atoms with Crippen molar-refractivity contribution < 1.29 is 13.2 Å². The van der Waals surface area contributed by atoms with E-state index < -0.39 is 10.0 Å². The van der Waals surface area contributed by atoms with Gasteiger partial charge in [-0.05, 0) is 49.2 Å². The molecule has 0 saturated carbocycles. The molecule has 0 unspecified atom stereocenters. The first-order valence-corrected chi connectivity index (χ1v) is 11.8. The van der Waals surface area contributed by atoms with Gasteiger partial charge in [0, 0.05) is 41.9 Å². The van der Waals surface area contributed by atoms with Crippen molar-refractivity contribution in [1.82, 2.24) is 14.3 Å². The monoisotopic (exact) mass is 436 g/mol. The molecule has 0 spiro atoms. The number of pyridine rings is 1. The molecular formula is C23H24N4O3S. The van der Waals surface area contributed by atoms with Crippen molar-refractivity contribution in [2.45, 2.75) is 24.2 Å². The molecule has 4 aromatic rings. The van der Waals surface area contributed by atoms with Crippen LogP contribution in [0.2, 0.25) is 0 Å². The third kappa shape index (κ3) is 3.62. The Kier molecular flexibility index (Phi) is 5.03. The largest absolute Gasteiger partial charge is 0.497 e. The van der Waals surface area contributed by atoms with Gasteiger partial charge in [0.25, 0.3) is 0 Å². The molecule has 2 aromatic carbocycles. The number of rotatable bonds is 5. The van der Waals surface area contributed by atoms with Crippen LogP contribution in [0, 0.1) is 0 Å². The van der Waals surface area contributed by atoms with Gasteiger partial charge in [0.2, 0.25) is 10.0 Å². The highest BCUT2D eigenvalue weighted by Gasteiger charge is 2.26. The Morgan fingerprint density at radius 2 is 1.90 bits per heavy atom. The molecule has 3 heterocycles. The smallest absolute Gasteiger partial charge is 0.243 e. The number of sulfonamides is 1. The number of anilines is 2. The van der Waals surface area contributed by atoms with Crippen molar-refractivity contribution in [1.29, 1.82) is 0 Å². The van der Waals surface area contributed by atoms with Gasteiger partial charge in [-0.15, -0.1) is 0 Å². The van der Waals surface area contributed by atoms with Gasteiger partial charge in [-0.1, -0.05) is 12.5 Å². The molecule has 7 nitrogen and oxygen atoms in total. The zero-order valence-electron chi connectivity index (χ0n) is 17.3. The van der Waals surface area contributed by atoms with Gasteiger partial charge in [0.15, 0.2) is 0 Å². The molecule has 2 aromatic heterocycles. The van der Waals surface area contributed by atoms with E-state index in [0.717, 1.165) is 52.7 Å². The summed E-state index contributed by atoms with van der Waals surface area (Å²) < 4.78 is 33.3. The first-order chi connectivity index (χ1) is 15.1. The summed E-state index contributed by atoms with van der Waals surface area (Å²) in [6.45, 7) is 1.16. The van der Waals surface area contributed by atoms with Crippen LogP contribution in [0.5, 0.6) is 5.75 Å². The van der Waals surface area contributed by atoms with E-state index in [4.69, 9.17) is 4.74 Å². The van der Waals surface area contributed by atoms with Gasteiger partial charge in [0.05, 0.1) is 23.1 Å². The summed E-state index contributed by atoms with van der Waals surface area (Å²) in [6, 6.07) is 14.8. The van der Waals surface area contributed by atoms with Gasteiger partial charge in [-0.25, -0.2) is 13.4 Å². The van der Waals surface area contributed by atoms with E-state index in [9.17, 15) is 8.42 Å². The van der Waals surface area contributed by atoms with Gasteiger partial charge in [-0.3, -0.25) is 0 Å². The Balaban J connectivity index is 1.61. The lowest BCUT2D eigenvalue weighted by Crippen LogP contribution is -2.35. The SMILES string of the molecule is COc1cccc(Nc2ccnc3[nH]c4ccc(S(=O)(=O)N5CCCCC5)cc4c23)c1. The predicted molar refractivity (Wildman–Crippen MR) is 122 cm³/mol. The number of nitrogens with one attached hydrogen (secondary N) is 2. The molecule has 1 aliphatic rings. The van der Waals surface area contributed by atoms with Crippen molar-refractivity contribution >= 4 is 43.3 Å². The third-order valence-electron chi connectivity index (χ3n) is 5.77. The first-order valence-electron chi connectivity index (χ1n) is 10.4. The zero-order chi connectivity index (χ0) is 21.4. The fraction of sp³-hybridized carbons (Fsp3) is 0.261. The van der Waals surface area contributed by atoms with Crippen LogP contribution in [-0.4, -0.2) is 42.9 Å². The van der Waals surface area contributed by atoms with Crippen LogP contribution in [0.1, 0.15) is 19.3 Å². The van der Waals surface area contributed by atoms with E-state index >= 15 is 0 Å². The maximum absolute atomic E-state index is 13.2. The summed E-state index contributed by atoms with van der Waals surface area (Å²) in [5.41, 5.74) is 3.27. The number of methoxy groups -OCH3 is 1. The van der Waals surface area contributed by atoms with Crippen molar-refractivity contribution in [2.75, 3.05) is 25.5 Å². The van der Waals surface area contributed by atoms with Gasteiger partial charge >= 0.3 is 0 Å². The molecule has 2 N–H and O–H groups in total. The van der Waals surface area contributed by atoms with Crippen LogP contribution < -0.4 is 10.1 Å². The topological polar surface area (TPSA) is 87.3 Å². The molecule has 160 valence electrons.